The molecule has 24 heavy (non-hydrogen) atoms. The van der Waals surface area contributed by atoms with Gasteiger partial charge in [-0.05, 0) is 26.0 Å². The Bertz CT molecular complexity index is 791. The van der Waals surface area contributed by atoms with E-state index in [2.05, 4.69) is 20.4 Å². The van der Waals surface area contributed by atoms with E-state index in [-0.39, 0.29) is 5.91 Å². The molecule has 2 aromatic rings. The van der Waals surface area contributed by atoms with Gasteiger partial charge >= 0.3 is 0 Å². The molecule has 1 N–H and O–H groups in total. The number of fused-ring (bicyclic) bond motifs is 1. The molecule has 6 nitrogen and oxygen atoms in total. The van der Waals surface area contributed by atoms with Crippen molar-refractivity contribution < 1.29 is 4.79 Å². The van der Waals surface area contributed by atoms with E-state index in [1.807, 2.05) is 30.9 Å². The summed E-state index contributed by atoms with van der Waals surface area (Å²) in [6.07, 6.45) is 0. The lowest BCUT2D eigenvalue weighted by molar-refractivity contribution is -0.129. The number of amides is 1. The van der Waals surface area contributed by atoms with E-state index < -0.39 is 0 Å². The SMILES string of the molecule is CC(=O)N1CCN(c2c(Cl)ccc3sc(NN=C(C)C)nc23)CC1. The number of carbonyl (C=O) groups excluding carboxylic acids is 1. The van der Waals surface area contributed by atoms with Crippen molar-refractivity contribution in [1.29, 1.82) is 0 Å². The van der Waals surface area contributed by atoms with E-state index in [1.54, 1.807) is 18.3 Å². The van der Waals surface area contributed by atoms with Gasteiger partial charge in [-0.3, -0.25) is 10.2 Å². The van der Waals surface area contributed by atoms with Crippen LogP contribution in [0.5, 0.6) is 0 Å². The van der Waals surface area contributed by atoms with Crippen molar-refractivity contribution in [3.05, 3.63) is 17.2 Å². The normalized spacial score (nSPS) is 14.8. The molecule has 0 atom stereocenters. The number of hydrogen-bond donors (Lipinski definition) is 1. The van der Waals surface area contributed by atoms with Crippen molar-refractivity contribution in [2.75, 3.05) is 36.5 Å². The summed E-state index contributed by atoms with van der Waals surface area (Å²) in [7, 11) is 0. The number of thiazole rings is 1. The van der Waals surface area contributed by atoms with E-state index in [0.29, 0.717) is 18.1 Å². The van der Waals surface area contributed by atoms with Crippen molar-refractivity contribution in [2.45, 2.75) is 20.8 Å². The molecule has 8 heteroatoms. The number of piperazine rings is 1. The van der Waals surface area contributed by atoms with E-state index in [0.717, 1.165) is 39.8 Å². The molecule has 128 valence electrons. The van der Waals surface area contributed by atoms with Gasteiger partial charge in [-0.25, -0.2) is 4.98 Å². The third-order valence-electron chi connectivity index (χ3n) is 3.90. The second-order valence-electron chi connectivity index (χ2n) is 5.93. The van der Waals surface area contributed by atoms with E-state index in [9.17, 15) is 4.79 Å². The van der Waals surface area contributed by atoms with Crippen molar-refractivity contribution in [2.24, 2.45) is 5.10 Å². The summed E-state index contributed by atoms with van der Waals surface area (Å²) in [6.45, 7) is 8.38. The van der Waals surface area contributed by atoms with Gasteiger partial charge in [0.25, 0.3) is 0 Å². The third kappa shape index (κ3) is 3.47. The minimum absolute atomic E-state index is 0.117. The van der Waals surface area contributed by atoms with E-state index >= 15 is 0 Å². The topological polar surface area (TPSA) is 60.8 Å². The summed E-state index contributed by atoms with van der Waals surface area (Å²) in [4.78, 5) is 20.2. The highest BCUT2D eigenvalue weighted by Crippen LogP contribution is 2.38. The van der Waals surface area contributed by atoms with Crippen LogP contribution in [0.4, 0.5) is 10.8 Å². The number of halogens is 1. The van der Waals surface area contributed by atoms with Gasteiger partial charge in [0, 0.05) is 38.8 Å². The van der Waals surface area contributed by atoms with Crippen LogP contribution in [-0.2, 0) is 4.79 Å². The van der Waals surface area contributed by atoms with Crippen LogP contribution in [0.2, 0.25) is 5.02 Å². The molecule has 1 aromatic carbocycles. The van der Waals surface area contributed by atoms with Gasteiger partial charge in [0.1, 0.15) is 5.52 Å². The number of benzene rings is 1. The summed E-state index contributed by atoms with van der Waals surface area (Å²) >= 11 is 8.02. The second-order valence-corrected chi connectivity index (χ2v) is 7.36. The lowest BCUT2D eigenvalue weighted by Crippen LogP contribution is -2.48. The van der Waals surface area contributed by atoms with Gasteiger partial charge in [0.05, 0.1) is 15.4 Å². The molecule has 0 radical (unpaired) electrons. The minimum Gasteiger partial charge on any atom is -0.365 e. The summed E-state index contributed by atoms with van der Waals surface area (Å²) in [5.41, 5.74) is 5.75. The Labute approximate surface area is 150 Å². The predicted octanol–water partition coefficient (Wildman–Crippen LogP) is 3.43. The second kappa shape index (κ2) is 6.94. The predicted molar refractivity (Wildman–Crippen MR) is 102 cm³/mol. The largest absolute Gasteiger partial charge is 0.365 e. The smallest absolute Gasteiger partial charge is 0.219 e. The molecular weight excluding hydrogens is 346 g/mol. The molecule has 1 aliphatic rings. The number of anilines is 2. The molecular formula is C16H20ClN5OS. The molecule has 3 rings (SSSR count). The standard InChI is InChI=1S/C16H20ClN5OS/c1-10(2)19-20-16-18-14-13(24-16)5-4-12(17)15(14)22-8-6-21(7-9-22)11(3)23/h4-5H,6-9H2,1-3H3,(H,18,20). The maximum Gasteiger partial charge on any atom is 0.219 e. The number of rotatable bonds is 3. The lowest BCUT2D eigenvalue weighted by atomic mass is 10.2. The number of nitrogens with one attached hydrogen (secondary N) is 1. The first kappa shape index (κ1) is 17.0. The summed E-state index contributed by atoms with van der Waals surface area (Å²) < 4.78 is 1.06. The average molecular weight is 366 g/mol. The zero-order chi connectivity index (χ0) is 17.3. The Morgan fingerprint density at radius 3 is 2.58 bits per heavy atom. The van der Waals surface area contributed by atoms with Crippen LogP contribution in [0.1, 0.15) is 20.8 Å². The van der Waals surface area contributed by atoms with Crippen molar-refractivity contribution in [1.82, 2.24) is 9.88 Å². The quantitative estimate of drug-likeness (QED) is 0.668. The van der Waals surface area contributed by atoms with Crippen LogP contribution in [0.25, 0.3) is 10.2 Å². The van der Waals surface area contributed by atoms with Crippen LogP contribution in [0.15, 0.2) is 17.2 Å². The van der Waals surface area contributed by atoms with E-state index in [1.165, 1.54) is 0 Å². The van der Waals surface area contributed by atoms with Crippen molar-refractivity contribution in [3.8, 4) is 0 Å². The summed E-state index contributed by atoms with van der Waals surface area (Å²) in [5, 5.41) is 5.64. The first-order chi connectivity index (χ1) is 11.5. The van der Waals surface area contributed by atoms with Crippen LogP contribution in [0.3, 0.4) is 0 Å². The zero-order valence-electron chi connectivity index (χ0n) is 14.0. The Kier molecular flexibility index (Phi) is 4.91. The maximum absolute atomic E-state index is 11.5. The van der Waals surface area contributed by atoms with Crippen LogP contribution in [-0.4, -0.2) is 47.7 Å². The molecule has 1 saturated heterocycles. The average Bonchev–Trinajstić information content (AvgIpc) is 2.96. The first-order valence-electron chi connectivity index (χ1n) is 7.82. The van der Waals surface area contributed by atoms with Crippen LogP contribution >= 0.6 is 22.9 Å². The Morgan fingerprint density at radius 1 is 1.25 bits per heavy atom. The van der Waals surface area contributed by atoms with E-state index in [4.69, 9.17) is 11.6 Å². The number of hydrogen-bond acceptors (Lipinski definition) is 6. The number of nitrogens with zero attached hydrogens (tertiary/aromatic N) is 4. The highest BCUT2D eigenvalue weighted by molar-refractivity contribution is 7.22. The molecule has 1 aromatic heterocycles. The maximum atomic E-state index is 11.5. The molecule has 2 heterocycles. The lowest BCUT2D eigenvalue weighted by Gasteiger charge is -2.36. The third-order valence-corrected chi connectivity index (χ3v) is 5.13. The number of hydrazone groups is 1. The van der Waals surface area contributed by atoms with Gasteiger partial charge in [0.15, 0.2) is 0 Å². The Balaban J connectivity index is 1.91. The van der Waals surface area contributed by atoms with Crippen LogP contribution < -0.4 is 10.3 Å². The van der Waals surface area contributed by atoms with Gasteiger partial charge < -0.3 is 9.80 Å². The minimum atomic E-state index is 0.117. The van der Waals surface area contributed by atoms with Gasteiger partial charge in [-0.15, -0.1) is 0 Å². The highest BCUT2D eigenvalue weighted by Gasteiger charge is 2.23. The fourth-order valence-electron chi connectivity index (χ4n) is 2.71. The highest BCUT2D eigenvalue weighted by atomic mass is 35.5. The molecule has 1 fully saturated rings. The Morgan fingerprint density at radius 2 is 1.96 bits per heavy atom. The number of aromatic nitrogens is 1. The Hall–Kier alpha value is -1.86. The summed E-state index contributed by atoms with van der Waals surface area (Å²) in [6, 6.07) is 3.89. The fourth-order valence-corrected chi connectivity index (χ4v) is 3.79. The van der Waals surface area contributed by atoms with Crippen molar-refractivity contribution in [3.63, 3.8) is 0 Å². The summed E-state index contributed by atoms with van der Waals surface area (Å²) in [5.74, 6) is 0.117. The van der Waals surface area contributed by atoms with Crippen LogP contribution in [0, 0.1) is 0 Å². The molecule has 0 spiro atoms. The molecule has 0 saturated carbocycles. The molecule has 1 amide bonds. The number of carbonyl (C=O) groups is 1. The molecule has 1 aliphatic heterocycles. The molecule has 0 bridgehead atoms. The monoisotopic (exact) mass is 365 g/mol. The van der Waals surface area contributed by atoms with Crippen molar-refractivity contribution >= 4 is 55.6 Å². The molecule has 0 aliphatic carbocycles. The van der Waals surface area contributed by atoms with Gasteiger partial charge in [-0.1, -0.05) is 22.9 Å². The van der Waals surface area contributed by atoms with Gasteiger partial charge in [-0.2, -0.15) is 5.10 Å². The molecule has 0 unspecified atom stereocenters. The first-order valence-corrected chi connectivity index (χ1v) is 9.01. The zero-order valence-corrected chi connectivity index (χ0v) is 15.5. The van der Waals surface area contributed by atoms with Gasteiger partial charge in [0.2, 0.25) is 11.0 Å². The fraction of sp³-hybridized carbons (Fsp3) is 0.438.